The highest BCUT2D eigenvalue weighted by atomic mass is 32.2. The predicted octanol–water partition coefficient (Wildman–Crippen LogP) is 0.711. The summed E-state index contributed by atoms with van der Waals surface area (Å²) in [5.74, 6) is 0. The van der Waals surface area contributed by atoms with Crippen molar-refractivity contribution in [2.75, 3.05) is 6.61 Å². The Labute approximate surface area is 81.3 Å². The Kier molecular flexibility index (Phi) is 2.83. The molecule has 1 unspecified atom stereocenters. The molecule has 2 atom stereocenters. The maximum absolute atomic E-state index is 11.0. The van der Waals surface area contributed by atoms with Gasteiger partial charge in [-0.05, 0) is 27.7 Å². The Morgan fingerprint density at radius 2 is 2.15 bits per heavy atom. The lowest BCUT2D eigenvalue weighted by molar-refractivity contribution is 0.0230. The molecule has 0 aromatic rings. The molecule has 1 rings (SSSR count). The van der Waals surface area contributed by atoms with Crippen LogP contribution >= 0.6 is 0 Å². The standard InChI is InChI=1S/C8H17NO3S/c1-7(2,13(10)11)6-5-12-8(3,4)9-6/h6,9H,5H2,1-4H3,(H,10,11)/t6-/m1/s1. The van der Waals surface area contributed by atoms with E-state index in [1.807, 2.05) is 13.8 Å². The van der Waals surface area contributed by atoms with Gasteiger partial charge in [-0.3, -0.25) is 5.32 Å². The van der Waals surface area contributed by atoms with E-state index < -0.39 is 15.8 Å². The van der Waals surface area contributed by atoms with Crippen molar-refractivity contribution < 1.29 is 13.5 Å². The normalized spacial score (nSPS) is 30.4. The molecule has 0 bridgehead atoms. The lowest BCUT2D eigenvalue weighted by atomic mass is 10.0. The molecular weight excluding hydrogens is 190 g/mol. The van der Waals surface area contributed by atoms with E-state index >= 15 is 0 Å². The van der Waals surface area contributed by atoms with E-state index in [-0.39, 0.29) is 11.8 Å². The second-order valence-electron chi connectivity index (χ2n) is 4.37. The zero-order valence-electron chi connectivity index (χ0n) is 8.46. The molecule has 5 heteroatoms. The van der Waals surface area contributed by atoms with Crippen molar-refractivity contribution in [2.45, 2.75) is 44.2 Å². The first-order chi connectivity index (χ1) is 5.76. The summed E-state index contributed by atoms with van der Waals surface area (Å²) in [5, 5.41) is 3.18. The van der Waals surface area contributed by atoms with Gasteiger partial charge in [-0.15, -0.1) is 0 Å². The maximum Gasteiger partial charge on any atom is 0.160 e. The third kappa shape index (κ3) is 2.28. The Morgan fingerprint density at radius 3 is 2.46 bits per heavy atom. The van der Waals surface area contributed by atoms with Gasteiger partial charge in [0.1, 0.15) is 5.72 Å². The summed E-state index contributed by atoms with van der Waals surface area (Å²) in [6.45, 7) is 7.80. The summed E-state index contributed by atoms with van der Waals surface area (Å²) < 4.78 is 24.9. The van der Waals surface area contributed by atoms with Crippen molar-refractivity contribution in [3.05, 3.63) is 0 Å². The molecule has 1 aliphatic rings. The molecule has 1 fully saturated rings. The summed E-state index contributed by atoms with van der Waals surface area (Å²) in [6, 6.07) is -0.0756. The lowest BCUT2D eigenvalue weighted by Gasteiger charge is -2.28. The monoisotopic (exact) mass is 207 g/mol. The predicted molar refractivity (Wildman–Crippen MR) is 51.8 cm³/mol. The third-order valence-electron chi connectivity index (χ3n) is 2.42. The van der Waals surface area contributed by atoms with Crippen LogP contribution in [0, 0.1) is 0 Å². The molecule has 1 saturated heterocycles. The summed E-state index contributed by atoms with van der Waals surface area (Å²) in [7, 11) is 0. The molecule has 0 saturated carbocycles. The molecule has 78 valence electrons. The first-order valence-electron chi connectivity index (χ1n) is 4.28. The zero-order chi connectivity index (χ0) is 10.3. The van der Waals surface area contributed by atoms with Gasteiger partial charge in [0.15, 0.2) is 11.1 Å². The van der Waals surface area contributed by atoms with Gasteiger partial charge in [0.2, 0.25) is 0 Å². The summed E-state index contributed by atoms with van der Waals surface area (Å²) in [6.07, 6.45) is 0. The minimum absolute atomic E-state index is 0.0756. The molecule has 2 N–H and O–H groups in total. The van der Waals surface area contributed by atoms with Crippen molar-refractivity contribution in [1.29, 1.82) is 0 Å². The van der Waals surface area contributed by atoms with E-state index in [1.165, 1.54) is 0 Å². The second kappa shape index (κ2) is 3.31. The van der Waals surface area contributed by atoms with Gasteiger partial charge >= 0.3 is 0 Å². The molecule has 0 aromatic carbocycles. The van der Waals surface area contributed by atoms with Crippen LogP contribution in [0.25, 0.3) is 0 Å². The van der Waals surface area contributed by atoms with E-state index in [0.717, 1.165) is 0 Å². The molecule has 4 nitrogen and oxygen atoms in total. The first-order valence-corrected chi connectivity index (χ1v) is 5.39. The largest absolute Gasteiger partial charge is 0.360 e. The van der Waals surface area contributed by atoms with E-state index in [0.29, 0.717) is 6.61 Å². The Bertz CT molecular complexity index is 227. The molecule has 0 spiro atoms. The van der Waals surface area contributed by atoms with Crippen LogP contribution in [0.2, 0.25) is 0 Å². The average molecular weight is 207 g/mol. The highest BCUT2D eigenvalue weighted by Gasteiger charge is 2.43. The van der Waals surface area contributed by atoms with Gasteiger partial charge in [0.05, 0.1) is 17.4 Å². The maximum atomic E-state index is 11.0. The fourth-order valence-electron chi connectivity index (χ4n) is 1.29. The van der Waals surface area contributed by atoms with Gasteiger partial charge in [0.25, 0.3) is 0 Å². The molecule has 0 aliphatic carbocycles. The van der Waals surface area contributed by atoms with Crippen molar-refractivity contribution in [3.63, 3.8) is 0 Å². The zero-order valence-corrected chi connectivity index (χ0v) is 9.27. The van der Waals surface area contributed by atoms with Gasteiger partial charge in [-0.25, -0.2) is 4.21 Å². The van der Waals surface area contributed by atoms with Crippen molar-refractivity contribution >= 4 is 11.1 Å². The van der Waals surface area contributed by atoms with E-state index in [2.05, 4.69) is 5.32 Å². The lowest BCUT2D eigenvalue weighted by Crippen LogP contribution is -2.51. The number of rotatable bonds is 2. The second-order valence-corrected chi connectivity index (χ2v) is 5.92. The third-order valence-corrected chi connectivity index (χ3v) is 3.61. The fourth-order valence-corrected chi connectivity index (χ4v) is 1.66. The van der Waals surface area contributed by atoms with Gasteiger partial charge in [-0.2, -0.15) is 0 Å². The summed E-state index contributed by atoms with van der Waals surface area (Å²) in [4.78, 5) is 0. The summed E-state index contributed by atoms with van der Waals surface area (Å²) in [5.41, 5.74) is -0.388. The van der Waals surface area contributed by atoms with Crippen molar-refractivity contribution in [1.82, 2.24) is 5.32 Å². The molecule has 0 amide bonds. The number of hydrogen-bond acceptors (Lipinski definition) is 3. The van der Waals surface area contributed by atoms with Crippen molar-refractivity contribution in [3.8, 4) is 0 Å². The van der Waals surface area contributed by atoms with Crippen molar-refractivity contribution in [2.24, 2.45) is 0 Å². The Balaban J connectivity index is 2.71. The van der Waals surface area contributed by atoms with Crippen LogP contribution in [-0.2, 0) is 15.8 Å². The Hall–Kier alpha value is 0.0300. The number of hydrogen-bond donors (Lipinski definition) is 2. The smallest absolute Gasteiger partial charge is 0.160 e. The van der Waals surface area contributed by atoms with E-state index in [1.54, 1.807) is 13.8 Å². The molecule has 13 heavy (non-hydrogen) atoms. The Morgan fingerprint density at radius 1 is 1.62 bits per heavy atom. The molecule has 1 aliphatic heterocycles. The molecule has 0 aromatic heterocycles. The highest BCUT2D eigenvalue weighted by Crippen LogP contribution is 2.25. The minimum atomic E-state index is -1.84. The SMILES string of the molecule is CC1(C)N[C@@H](C(C)(C)S(=O)O)CO1. The van der Waals surface area contributed by atoms with Gasteiger partial charge in [-0.1, -0.05) is 0 Å². The van der Waals surface area contributed by atoms with Crippen LogP contribution in [-0.4, -0.2) is 31.9 Å². The van der Waals surface area contributed by atoms with Crippen LogP contribution in [0.4, 0.5) is 0 Å². The highest BCUT2D eigenvalue weighted by molar-refractivity contribution is 7.80. The van der Waals surface area contributed by atoms with E-state index in [4.69, 9.17) is 9.29 Å². The van der Waals surface area contributed by atoms with Crippen LogP contribution < -0.4 is 5.32 Å². The van der Waals surface area contributed by atoms with Crippen LogP contribution in [0.15, 0.2) is 0 Å². The number of nitrogens with one attached hydrogen (secondary N) is 1. The van der Waals surface area contributed by atoms with Crippen LogP contribution in [0.3, 0.4) is 0 Å². The minimum Gasteiger partial charge on any atom is -0.360 e. The molecule has 0 radical (unpaired) electrons. The topological polar surface area (TPSA) is 58.6 Å². The summed E-state index contributed by atoms with van der Waals surface area (Å²) >= 11 is -1.84. The average Bonchev–Trinajstić information content (AvgIpc) is 2.30. The van der Waals surface area contributed by atoms with E-state index in [9.17, 15) is 4.21 Å². The quantitative estimate of drug-likeness (QED) is 0.655. The van der Waals surface area contributed by atoms with Crippen LogP contribution in [0.5, 0.6) is 0 Å². The number of ether oxygens (including phenoxy) is 1. The molecular formula is C8H17NO3S. The van der Waals surface area contributed by atoms with Gasteiger partial charge in [0, 0.05) is 0 Å². The van der Waals surface area contributed by atoms with Gasteiger partial charge < -0.3 is 9.29 Å². The first kappa shape index (κ1) is 11.1. The van der Waals surface area contributed by atoms with Crippen LogP contribution in [0.1, 0.15) is 27.7 Å². The molecule has 1 heterocycles. The fraction of sp³-hybridized carbons (Fsp3) is 1.00.